The van der Waals surface area contributed by atoms with Crippen molar-refractivity contribution >= 4 is 46.6 Å². The summed E-state index contributed by atoms with van der Waals surface area (Å²) in [5.74, 6) is 0.378. The third-order valence-corrected chi connectivity index (χ3v) is 8.19. The number of allylic oxidation sites excluding steroid dienone is 1. The van der Waals surface area contributed by atoms with Gasteiger partial charge >= 0.3 is 5.97 Å². The molecule has 1 aliphatic rings. The second-order valence-corrected chi connectivity index (χ2v) is 11.4. The van der Waals surface area contributed by atoms with Gasteiger partial charge in [0.2, 0.25) is 0 Å². The highest BCUT2D eigenvalue weighted by Crippen LogP contribution is 2.37. The predicted octanol–water partition coefficient (Wildman–Crippen LogP) is 5.56. The average Bonchev–Trinajstić information content (AvgIpc) is 3.30. The molecule has 43 heavy (non-hydrogen) atoms. The van der Waals surface area contributed by atoms with Crippen molar-refractivity contribution in [2.75, 3.05) is 13.7 Å². The fourth-order valence-electron chi connectivity index (χ4n) is 4.75. The first kappa shape index (κ1) is 30.1. The van der Waals surface area contributed by atoms with E-state index < -0.39 is 12.0 Å². The van der Waals surface area contributed by atoms with Gasteiger partial charge in [-0.1, -0.05) is 46.7 Å². The Morgan fingerprint density at radius 1 is 1.09 bits per heavy atom. The van der Waals surface area contributed by atoms with Gasteiger partial charge in [-0.25, -0.2) is 9.79 Å². The highest BCUT2D eigenvalue weighted by Gasteiger charge is 2.35. The summed E-state index contributed by atoms with van der Waals surface area (Å²) in [4.78, 5) is 32.3. The third-order valence-electron chi connectivity index (χ3n) is 6.74. The maximum absolute atomic E-state index is 14.1. The number of thiazole rings is 1. The zero-order valence-corrected chi connectivity index (χ0v) is 25.7. The smallest absolute Gasteiger partial charge is 0.338 e. The van der Waals surface area contributed by atoms with Crippen LogP contribution in [0.5, 0.6) is 11.5 Å². The quantitative estimate of drug-likeness (QED) is 0.235. The number of halogens is 2. The van der Waals surface area contributed by atoms with Crippen molar-refractivity contribution in [3.63, 3.8) is 0 Å². The minimum absolute atomic E-state index is 0.152. The van der Waals surface area contributed by atoms with Gasteiger partial charge in [-0.2, -0.15) is 5.26 Å². The largest absolute Gasteiger partial charge is 0.496 e. The van der Waals surface area contributed by atoms with E-state index in [1.165, 1.54) is 23.0 Å². The molecule has 0 amide bonds. The van der Waals surface area contributed by atoms with Crippen molar-refractivity contribution in [3.8, 4) is 17.6 Å². The minimum atomic E-state index is -0.891. The molecule has 0 bridgehead atoms. The molecule has 0 N–H and O–H groups in total. The summed E-state index contributed by atoms with van der Waals surface area (Å²) in [5.41, 5.74) is 2.81. The first-order valence-electron chi connectivity index (χ1n) is 13.2. The van der Waals surface area contributed by atoms with Gasteiger partial charge in [0.1, 0.15) is 24.1 Å². The van der Waals surface area contributed by atoms with Crippen LogP contribution in [-0.4, -0.2) is 24.3 Å². The van der Waals surface area contributed by atoms with E-state index in [0.717, 1.165) is 5.56 Å². The topological polar surface area (TPSA) is 103 Å². The first-order valence-corrected chi connectivity index (χ1v) is 14.8. The summed E-state index contributed by atoms with van der Waals surface area (Å²) >= 11 is 13.9. The second-order valence-electron chi connectivity index (χ2n) is 9.47. The molecule has 0 saturated carbocycles. The van der Waals surface area contributed by atoms with Crippen LogP contribution in [0.2, 0.25) is 10.0 Å². The van der Waals surface area contributed by atoms with E-state index in [1.54, 1.807) is 68.5 Å². The molecule has 5 rings (SSSR count). The number of esters is 1. The molecule has 0 radical (unpaired) electrons. The number of benzene rings is 3. The summed E-state index contributed by atoms with van der Waals surface area (Å²) in [6.45, 7) is 3.81. The molecule has 0 unspecified atom stereocenters. The van der Waals surface area contributed by atoms with E-state index in [0.29, 0.717) is 53.3 Å². The van der Waals surface area contributed by atoms with Gasteiger partial charge in [0.15, 0.2) is 4.80 Å². The zero-order valence-electron chi connectivity index (χ0n) is 23.4. The number of nitrogens with zero attached hydrogens (tertiary/aromatic N) is 3. The predicted molar refractivity (Wildman–Crippen MR) is 165 cm³/mol. The molecule has 1 aromatic heterocycles. The number of methoxy groups -OCH3 is 1. The molecule has 1 atom stereocenters. The van der Waals surface area contributed by atoms with Crippen LogP contribution in [0.1, 0.15) is 42.1 Å². The Kier molecular flexibility index (Phi) is 9.02. The van der Waals surface area contributed by atoms with Crippen LogP contribution in [0.15, 0.2) is 81.7 Å². The normalized spacial score (nSPS) is 14.5. The number of ether oxygens (including phenoxy) is 3. The van der Waals surface area contributed by atoms with E-state index in [-0.39, 0.29) is 24.3 Å². The lowest BCUT2D eigenvalue weighted by atomic mass is 9.95. The van der Waals surface area contributed by atoms with Crippen LogP contribution in [0, 0.1) is 11.3 Å². The Bertz CT molecular complexity index is 1970. The number of aromatic nitrogens is 1. The van der Waals surface area contributed by atoms with E-state index in [1.807, 2.05) is 12.1 Å². The lowest BCUT2D eigenvalue weighted by Gasteiger charge is -2.26. The maximum atomic E-state index is 14.1. The van der Waals surface area contributed by atoms with Gasteiger partial charge in [-0.15, -0.1) is 0 Å². The molecule has 1 aliphatic heterocycles. The van der Waals surface area contributed by atoms with Crippen LogP contribution in [-0.2, 0) is 16.1 Å². The highest BCUT2D eigenvalue weighted by molar-refractivity contribution is 7.07. The minimum Gasteiger partial charge on any atom is -0.496 e. The summed E-state index contributed by atoms with van der Waals surface area (Å²) in [7, 11) is 1.51. The van der Waals surface area contributed by atoms with Gasteiger partial charge in [-0.05, 0) is 74.0 Å². The van der Waals surface area contributed by atoms with Crippen LogP contribution in [0.4, 0.5) is 0 Å². The highest BCUT2D eigenvalue weighted by atomic mass is 35.5. The molecule has 3 aromatic carbocycles. The van der Waals surface area contributed by atoms with Crippen LogP contribution in [0.3, 0.4) is 0 Å². The molecule has 0 saturated heterocycles. The Hall–Kier alpha value is -4.36. The monoisotopic (exact) mass is 633 g/mol. The Balaban J connectivity index is 1.64. The third kappa shape index (κ3) is 6.22. The molecule has 11 heteroatoms. The van der Waals surface area contributed by atoms with Gasteiger partial charge in [0.25, 0.3) is 5.56 Å². The lowest BCUT2D eigenvalue weighted by Crippen LogP contribution is -2.40. The van der Waals surface area contributed by atoms with E-state index in [4.69, 9.17) is 42.7 Å². The van der Waals surface area contributed by atoms with E-state index in [9.17, 15) is 9.59 Å². The molecule has 0 aliphatic carbocycles. The molecule has 2 heterocycles. The molecule has 0 spiro atoms. The number of nitriles is 1. The van der Waals surface area contributed by atoms with Crippen LogP contribution >= 0.6 is 34.5 Å². The summed E-state index contributed by atoms with van der Waals surface area (Å²) in [6.07, 6.45) is 1.69. The van der Waals surface area contributed by atoms with Crippen LogP contribution < -0.4 is 24.4 Å². The Morgan fingerprint density at radius 3 is 2.47 bits per heavy atom. The fourth-order valence-corrected chi connectivity index (χ4v) is 6.14. The van der Waals surface area contributed by atoms with Gasteiger partial charge in [-0.3, -0.25) is 9.36 Å². The summed E-state index contributed by atoms with van der Waals surface area (Å²) in [5, 5.41) is 9.93. The second kappa shape index (κ2) is 12.9. The number of carbonyl (C=O) groups is 1. The number of fused-ring (bicyclic) bond motifs is 1. The molecule has 218 valence electrons. The zero-order chi connectivity index (χ0) is 30.7. The molecule has 0 fully saturated rings. The lowest BCUT2D eigenvalue weighted by molar-refractivity contribution is -0.139. The number of rotatable bonds is 8. The molecule has 8 nitrogen and oxygen atoms in total. The molecule has 4 aromatic rings. The van der Waals surface area contributed by atoms with E-state index >= 15 is 0 Å². The van der Waals surface area contributed by atoms with Crippen molar-refractivity contribution in [3.05, 3.63) is 124 Å². The summed E-state index contributed by atoms with van der Waals surface area (Å²) < 4.78 is 18.9. The fraction of sp³-hybridized carbons (Fsp3) is 0.188. The van der Waals surface area contributed by atoms with Crippen molar-refractivity contribution in [2.24, 2.45) is 4.99 Å². The van der Waals surface area contributed by atoms with Crippen molar-refractivity contribution in [2.45, 2.75) is 26.5 Å². The molecular weight excluding hydrogens is 609 g/mol. The Labute approximate surface area is 261 Å². The number of hydrogen-bond donors (Lipinski definition) is 0. The standard InChI is InChI=1S/C32H25Cl2N3O5S/c1-4-41-31(39)28-18(2)36-32-37(29(28)24-15-23(34)10-12-26(24)40-3)30(38)27(43-32)14-21-13-22(33)9-11-25(21)42-17-20-7-5-19(16-35)6-8-20/h5-15,29H,4,17H2,1-3H3/b27-14-/t29-/m1/s1. The summed E-state index contributed by atoms with van der Waals surface area (Å²) in [6, 6.07) is 18.5. The molecular formula is C32H25Cl2N3O5S. The number of carbonyl (C=O) groups excluding carboxylic acids is 1. The van der Waals surface area contributed by atoms with Crippen molar-refractivity contribution in [1.29, 1.82) is 5.26 Å². The number of hydrogen-bond acceptors (Lipinski definition) is 8. The average molecular weight is 635 g/mol. The van der Waals surface area contributed by atoms with Gasteiger partial charge in [0.05, 0.1) is 41.2 Å². The first-order chi connectivity index (χ1) is 20.7. The Morgan fingerprint density at radius 2 is 1.79 bits per heavy atom. The van der Waals surface area contributed by atoms with Crippen molar-refractivity contribution < 1.29 is 19.0 Å². The van der Waals surface area contributed by atoms with E-state index in [2.05, 4.69) is 11.1 Å². The maximum Gasteiger partial charge on any atom is 0.338 e. The van der Waals surface area contributed by atoms with Crippen molar-refractivity contribution in [1.82, 2.24) is 4.57 Å². The van der Waals surface area contributed by atoms with Gasteiger partial charge in [0, 0.05) is 21.2 Å². The SMILES string of the molecule is CCOC(=O)C1=C(C)N=c2s/c(=C\c3cc(Cl)ccc3OCc3ccc(C#N)cc3)c(=O)n2[C@@H]1c1cc(Cl)ccc1OC. The van der Waals surface area contributed by atoms with Crippen LogP contribution in [0.25, 0.3) is 6.08 Å². The van der Waals surface area contributed by atoms with Gasteiger partial charge < -0.3 is 14.2 Å².